The number of benzene rings is 1. The molecule has 100 valence electrons. The van der Waals surface area contributed by atoms with Crippen LogP contribution < -0.4 is 5.32 Å². The summed E-state index contributed by atoms with van der Waals surface area (Å²) in [6.45, 7) is 4.92. The number of hydrogen-bond acceptors (Lipinski definition) is 1. The van der Waals surface area contributed by atoms with Crippen molar-refractivity contribution in [3.05, 3.63) is 35.4 Å². The molecule has 0 radical (unpaired) electrons. The summed E-state index contributed by atoms with van der Waals surface area (Å²) >= 11 is 0. The predicted octanol–water partition coefficient (Wildman–Crippen LogP) is 4.05. The van der Waals surface area contributed by atoms with E-state index in [1.807, 2.05) is 6.92 Å². The Kier molecular flexibility index (Phi) is 4.33. The molecular weight excluding hydrogens is 232 g/mol. The van der Waals surface area contributed by atoms with Gasteiger partial charge in [0, 0.05) is 11.6 Å². The lowest BCUT2D eigenvalue weighted by molar-refractivity contribution is 0.368. The van der Waals surface area contributed by atoms with Crippen LogP contribution in [0.4, 0.5) is 8.78 Å². The number of hydrogen-bond donors (Lipinski definition) is 1. The lowest BCUT2D eigenvalue weighted by Crippen LogP contribution is -2.28. The Labute approximate surface area is 108 Å². The van der Waals surface area contributed by atoms with E-state index in [9.17, 15) is 8.78 Å². The van der Waals surface area contributed by atoms with Gasteiger partial charge in [-0.3, -0.25) is 0 Å². The van der Waals surface area contributed by atoms with E-state index in [0.29, 0.717) is 5.92 Å². The first-order chi connectivity index (χ1) is 8.59. The third-order valence-corrected chi connectivity index (χ3v) is 4.16. The van der Waals surface area contributed by atoms with E-state index in [2.05, 4.69) is 12.2 Å². The third-order valence-electron chi connectivity index (χ3n) is 4.16. The van der Waals surface area contributed by atoms with Crippen molar-refractivity contribution in [1.82, 2.24) is 5.32 Å². The SMILES string of the molecule is CC(NCC1CCCC1C)c1c(F)cccc1F. The maximum atomic E-state index is 13.6. The summed E-state index contributed by atoms with van der Waals surface area (Å²) in [5.74, 6) is 0.432. The molecule has 0 aromatic heterocycles. The quantitative estimate of drug-likeness (QED) is 0.853. The molecule has 1 saturated carbocycles. The van der Waals surface area contributed by atoms with Crippen LogP contribution in [-0.4, -0.2) is 6.54 Å². The average molecular weight is 253 g/mol. The first-order valence-electron chi connectivity index (χ1n) is 6.77. The number of rotatable bonds is 4. The third kappa shape index (κ3) is 2.89. The summed E-state index contributed by atoms with van der Waals surface area (Å²) in [5, 5.41) is 3.27. The Balaban J connectivity index is 1.97. The van der Waals surface area contributed by atoms with Crippen LogP contribution in [0.25, 0.3) is 0 Å². The molecule has 3 unspecified atom stereocenters. The van der Waals surface area contributed by atoms with Gasteiger partial charge in [0.15, 0.2) is 0 Å². The van der Waals surface area contributed by atoms with Gasteiger partial charge in [0.25, 0.3) is 0 Å². The van der Waals surface area contributed by atoms with Gasteiger partial charge in [-0.2, -0.15) is 0 Å². The van der Waals surface area contributed by atoms with Gasteiger partial charge in [-0.15, -0.1) is 0 Å². The molecule has 0 saturated heterocycles. The summed E-state index contributed by atoms with van der Waals surface area (Å²) in [6.07, 6.45) is 3.77. The maximum Gasteiger partial charge on any atom is 0.130 e. The molecule has 1 aliphatic carbocycles. The van der Waals surface area contributed by atoms with Crippen LogP contribution in [-0.2, 0) is 0 Å². The van der Waals surface area contributed by atoms with Crippen LogP contribution in [0, 0.1) is 23.5 Å². The zero-order chi connectivity index (χ0) is 13.1. The van der Waals surface area contributed by atoms with Crippen molar-refractivity contribution < 1.29 is 8.78 Å². The van der Waals surface area contributed by atoms with E-state index in [4.69, 9.17) is 0 Å². The molecular formula is C15H21F2N. The molecule has 1 aromatic carbocycles. The van der Waals surface area contributed by atoms with Crippen LogP contribution in [0.15, 0.2) is 18.2 Å². The van der Waals surface area contributed by atoms with Crippen LogP contribution in [0.5, 0.6) is 0 Å². The van der Waals surface area contributed by atoms with Gasteiger partial charge in [-0.05, 0) is 43.9 Å². The molecule has 3 heteroatoms. The lowest BCUT2D eigenvalue weighted by Gasteiger charge is -2.21. The summed E-state index contributed by atoms with van der Waals surface area (Å²) in [4.78, 5) is 0. The molecule has 2 rings (SSSR count). The average Bonchev–Trinajstić information content (AvgIpc) is 2.72. The molecule has 1 nitrogen and oxygen atoms in total. The van der Waals surface area contributed by atoms with E-state index in [1.54, 1.807) is 0 Å². The van der Waals surface area contributed by atoms with E-state index in [1.165, 1.54) is 37.5 Å². The van der Waals surface area contributed by atoms with Crippen molar-refractivity contribution in [3.8, 4) is 0 Å². The molecule has 1 aromatic rings. The van der Waals surface area contributed by atoms with Gasteiger partial charge in [0.05, 0.1) is 0 Å². The van der Waals surface area contributed by atoms with Crippen molar-refractivity contribution >= 4 is 0 Å². The summed E-state index contributed by atoms with van der Waals surface area (Å²) in [7, 11) is 0. The first kappa shape index (κ1) is 13.5. The van der Waals surface area contributed by atoms with E-state index in [0.717, 1.165) is 12.5 Å². The molecule has 1 aliphatic rings. The second kappa shape index (κ2) is 5.79. The zero-order valence-electron chi connectivity index (χ0n) is 11.0. The Morgan fingerprint density at radius 1 is 1.28 bits per heavy atom. The predicted molar refractivity (Wildman–Crippen MR) is 69.3 cm³/mol. The van der Waals surface area contributed by atoms with Gasteiger partial charge in [-0.1, -0.05) is 25.8 Å². The summed E-state index contributed by atoms with van der Waals surface area (Å²) in [5.41, 5.74) is 0.156. The fourth-order valence-corrected chi connectivity index (χ4v) is 2.88. The summed E-state index contributed by atoms with van der Waals surface area (Å²) < 4.78 is 27.2. The van der Waals surface area contributed by atoms with Crippen molar-refractivity contribution in [3.63, 3.8) is 0 Å². The standard InChI is InChI=1S/C15H21F2N/c1-10-5-3-6-12(10)9-18-11(2)15-13(16)7-4-8-14(15)17/h4,7-8,10-12,18H,3,5-6,9H2,1-2H3. The molecule has 0 bridgehead atoms. The highest BCUT2D eigenvalue weighted by Crippen LogP contribution is 2.31. The Bertz CT molecular complexity index is 385. The summed E-state index contributed by atoms with van der Waals surface area (Å²) in [6, 6.07) is 3.75. The molecule has 0 aliphatic heterocycles. The second-order valence-electron chi connectivity index (χ2n) is 5.43. The fraction of sp³-hybridized carbons (Fsp3) is 0.600. The second-order valence-corrected chi connectivity index (χ2v) is 5.43. The minimum absolute atomic E-state index is 0.156. The molecule has 0 spiro atoms. The number of nitrogens with one attached hydrogen (secondary N) is 1. The molecule has 1 N–H and O–H groups in total. The van der Waals surface area contributed by atoms with Crippen molar-refractivity contribution in [2.75, 3.05) is 6.54 Å². The first-order valence-corrected chi connectivity index (χ1v) is 6.77. The van der Waals surface area contributed by atoms with Gasteiger partial charge in [0.1, 0.15) is 11.6 Å². The molecule has 18 heavy (non-hydrogen) atoms. The van der Waals surface area contributed by atoms with Crippen LogP contribution >= 0.6 is 0 Å². The lowest BCUT2D eigenvalue weighted by atomic mass is 9.97. The Hall–Kier alpha value is -0.960. The topological polar surface area (TPSA) is 12.0 Å². The monoisotopic (exact) mass is 253 g/mol. The van der Waals surface area contributed by atoms with Gasteiger partial charge < -0.3 is 5.32 Å². The highest BCUT2D eigenvalue weighted by molar-refractivity contribution is 5.22. The maximum absolute atomic E-state index is 13.6. The normalized spacial score (nSPS) is 25.3. The van der Waals surface area contributed by atoms with E-state index < -0.39 is 11.6 Å². The molecule has 1 fully saturated rings. The van der Waals surface area contributed by atoms with Crippen LogP contribution in [0.2, 0.25) is 0 Å². The van der Waals surface area contributed by atoms with Gasteiger partial charge in [-0.25, -0.2) is 8.78 Å². The van der Waals surface area contributed by atoms with Crippen LogP contribution in [0.1, 0.15) is 44.7 Å². The largest absolute Gasteiger partial charge is 0.310 e. The zero-order valence-corrected chi connectivity index (χ0v) is 11.0. The van der Waals surface area contributed by atoms with E-state index in [-0.39, 0.29) is 11.6 Å². The van der Waals surface area contributed by atoms with Crippen LogP contribution in [0.3, 0.4) is 0 Å². The minimum Gasteiger partial charge on any atom is -0.310 e. The molecule has 0 amide bonds. The molecule has 3 atom stereocenters. The van der Waals surface area contributed by atoms with Crippen molar-refractivity contribution in [2.24, 2.45) is 11.8 Å². The van der Waals surface area contributed by atoms with Gasteiger partial charge >= 0.3 is 0 Å². The highest BCUT2D eigenvalue weighted by atomic mass is 19.1. The van der Waals surface area contributed by atoms with E-state index >= 15 is 0 Å². The Morgan fingerprint density at radius 2 is 1.94 bits per heavy atom. The van der Waals surface area contributed by atoms with Gasteiger partial charge in [0.2, 0.25) is 0 Å². The fourth-order valence-electron chi connectivity index (χ4n) is 2.88. The molecule has 0 heterocycles. The minimum atomic E-state index is -0.463. The Morgan fingerprint density at radius 3 is 2.50 bits per heavy atom. The highest BCUT2D eigenvalue weighted by Gasteiger charge is 2.24. The smallest absolute Gasteiger partial charge is 0.130 e. The van der Waals surface area contributed by atoms with Crippen molar-refractivity contribution in [1.29, 1.82) is 0 Å². The van der Waals surface area contributed by atoms with Crippen molar-refractivity contribution in [2.45, 2.75) is 39.2 Å². The number of halogens is 2.